The summed E-state index contributed by atoms with van der Waals surface area (Å²) < 4.78 is 38.0. The molecule has 1 unspecified atom stereocenters. The van der Waals surface area contributed by atoms with Gasteiger partial charge in [0.1, 0.15) is 11.9 Å². The number of hydrogen-bond donors (Lipinski definition) is 2. The van der Waals surface area contributed by atoms with Crippen molar-refractivity contribution in [2.24, 2.45) is 23.2 Å². The predicted octanol–water partition coefficient (Wildman–Crippen LogP) is 2.92. The van der Waals surface area contributed by atoms with Gasteiger partial charge in [0.2, 0.25) is 0 Å². The monoisotopic (exact) mass is 399 g/mol. The first-order chi connectivity index (χ1) is 12.8. The Kier molecular flexibility index (Phi) is 5.56. The van der Waals surface area contributed by atoms with E-state index in [2.05, 4.69) is 5.32 Å². The van der Waals surface area contributed by atoms with Gasteiger partial charge in [-0.3, -0.25) is 9.35 Å². The molecule has 0 aromatic heterocycles. The van der Waals surface area contributed by atoms with E-state index in [-0.39, 0.29) is 5.97 Å². The number of ether oxygens (including phenoxy) is 1. The molecule has 0 amide bonds. The number of rotatable bonds is 7. The van der Waals surface area contributed by atoms with Crippen molar-refractivity contribution in [3.8, 4) is 0 Å². The van der Waals surface area contributed by atoms with Gasteiger partial charge < -0.3 is 10.1 Å². The van der Waals surface area contributed by atoms with Crippen molar-refractivity contribution in [2.75, 3.05) is 12.3 Å². The zero-order valence-corrected chi connectivity index (χ0v) is 16.9. The minimum atomic E-state index is -4.20. The molecule has 1 atom stereocenters. The Morgan fingerprint density at radius 2 is 1.59 bits per heavy atom. The van der Waals surface area contributed by atoms with Crippen LogP contribution >= 0.6 is 0 Å². The van der Waals surface area contributed by atoms with E-state index < -0.39 is 27.4 Å². The summed E-state index contributed by atoms with van der Waals surface area (Å²) in [6.45, 7) is 0.294. The van der Waals surface area contributed by atoms with Gasteiger partial charge in [-0.1, -0.05) is 19.3 Å². The highest BCUT2D eigenvalue weighted by Gasteiger charge is 2.55. The van der Waals surface area contributed by atoms with Crippen LogP contribution in [-0.2, 0) is 19.6 Å². The molecule has 6 nitrogen and oxygen atoms in total. The Labute approximate surface area is 162 Å². The van der Waals surface area contributed by atoms with Crippen molar-refractivity contribution in [1.29, 1.82) is 0 Å². The third-order valence-electron chi connectivity index (χ3n) is 7.38. The van der Waals surface area contributed by atoms with Gasteiger partial charge in [-0.15, -0.1) is 0 Å². The molecule has 5 saturated carbocycles. The van der Waals surface area contributed by atoms with Gasteiger partial charge in [0.25, 0.3) is 10.1 Å². The average Bonchev–Trinajstić information content (AvgIpc) is 2.58. The Morgan fingerprint density at radius 3 is 2.11 bits per heavy atom. The zero-order valence-electron chi connectivity index (χ0n) is 16.1. The first-order valence-corrected chi connectivity index (χ1v) is 12.3. The number of carbonyl (C=O) groups is 1. The second-order valence-corrected chi connectivity index (χ2v) is 11.2. The lowest BCUT2D eigenvalue weighted by Crippen LogP contribution is -2.52. The minimum Gasteiger partial charge on any atom is -0.459 e. The summed E-state index contributed by atoms with van der Waals surface area (Å²) in [5, 5.41) is 3.37. The molecule has 27 heavy (non-hydrogen) atoms. The Hall–Kier alpha value is -0.660. The van der Waals surface area contributed by atoms with Crippen LogP contribution in [0.4, 0.5) is 0 Å². The van der Waals surface area contributed by atoms with Crippen molar-refractivity contribution >= 4 is 16.1 Å². The molecule has 5 fully saturated rings. The van der Waals surface area contributed by atoms with Crippen LogP contribution in [0, 0.1) is 23.2 Å². The molecule has 5 rings (SSSR count). The number of hydrogen-bond acceptors (Lipinski definition) is 5. The van der Waals surface area contributed by atoms with E-state index in [4.69, 9.17) is 4.74 Å². The van der Waals surface area contributed by atoms with E-state index >= 15 is 0 Å². The molecule has 0 spiro atoms. The van der Waals surface area contributed by atoms with Crippen molar-refractivity contribution in [1.82, 2.24) is 5.32 Å². The summed E-state index contributed by atoms with van der Waals surface area (Å²) in [5.41, 5.74) is -0.406. The highest BCUT2D eigenvalue weighted by Crippen LogP contribution is 2.60. The highest BCUT2D eigenvalue weighted by molar-refractivity contribution is 7.85. The van der Waals surface area contributed by atoms with E-state index in [1.807, 2.05) is 0 Å². The van der Waals surface area contributed by atoms with Gasteiger partial charge in [0.15, 0.2) is 0 Å². The maximum atomic E-state index is 13.1. The van der Waals surface area contributed by atoms with Gasteiger partial charge in [0.05, 0.1) is 5.41 Å². The standard InChI is InChI=1S/C20H33NO5S/c22-19(20-9-14-6-15(10-20)8-16(7-14)11-20)26-18(13-27(23,24)25)12-21-17-4-2-1-3-5-17/h14-18,21H,1-13H2,(H,23,24,25). The van der Waals surface area contributed by atoms with Crippen molar-refractivity contribution in [3.05, 3.63) is 0 Å². The summed E-state index contributed by atoms with van der Waals surface area (Å²) in [7, 11) is -4.20. The summed E-state index contributed by atoms with van der Waals surface area (Å²) in [5.74, 6) is 1.14. The molecule has 0 radical (unpaired) electrons. The number of nitrogens with one attached hydrogen (secondary N) is 1. The van der Waals surface area contributed by atoms with Crippen LogP contribution in [0.15, 0.2) is 0 Å². The van der Waals surface area contributed by atoms with Gasteiger partial charge in [-0.05, 0) is 69.1 Å². The van der Waals surface area contributed by atoms with E-state index in [1.165, 1.54) is 38.5 Å². The largest absolute Gasteiger partial charge is 0.459 e. The summed E-state index contributed by atoms with van der Waals surface area (Å²) in [6, 6.07) is 0.348. The first-order valence-electron chi connectivity index (χ1n) is 10.7. The van der Waals surface area contributed by atoms with Crippen LogP contribution in [-0.4, -0.2) is 43.4 Å². The number of carbonyl (C=O) groups excluding carboxylic acids is 1. The SMILES string of the molecule is O=C(OC(CNC1CCCCC1)CS(=O)(=O)O)C12CC3CC(CC(C3)C1)C2. The fraction of sp³-hybridized carbons (Fsp3) is 0.950. The molecule has 0 aliphatic heterocycles. The fourth-order valence-electron chi connectivity index (χ4n) is 6.61. The van der Waals surface area contributed by atoms with Gasteiger partial charge >= 0.3 is 5.97 Å². The minimum absolute atomic E-state index is 0.222. The fourth-order valence-corrected chi connectivity index (χ4v) is 7.27. The molecule has 0 saturated heterocycles. The van der Waals surface area contributed by atoms with Crippen molar-refractivity contribution < 1.29 is 22.5 Å². The van der Waals surface area contributed by atoms with Gasteiger partial charge in [0, 0.05) is 12.6 Å². The quantitative estimate of drug-likeness (QED) is 0.505. The van der Waals surface area contributed by atoms with Crippen LogP contribution < -0.4 is 5.32 Å². The molecule has 2 N–H and O–H groups in total. The molecular weight excluding hydrogens is 366 g/mol. The molecule has 5 aliphatic carbocycles. The molecule has 7 heteroatoms. The van der Waals surface area contributed by atoms with Gasteiger partial charge in [-0.2, -0.15) is 8.42 Å². The van der Waals surface area contributed by atoms with Gasteiger partial charge in [-0.25, -0.2) is 0 Å². The van der Waals surface area contributed by atoms with Crippen LogP contribution in [0.3, 0.4) is 0 Å². The van der Waals surface area contributed by atoms with Crippen molar-refractivity contribution in [2.45, 2.75) is 82.8 Å². The van der Waals surface area contributed by atoms with E-state index in [0.29, 0.717) is 30.3 Å². The average molecular weight is 400 g/mol. The lowest BCUT2D eigenvalue weighted by Gasteiger charge is -2.55. The van der Waals surface area contributed by atoms with E-state index in [9.17, 15) is 17.8 Å². The number of esters is 1. The maximum absolute atomic E-state index is 13.1. The van der Waals surface area contributed by atoms with E-state index in [0.717, 1.165) is 32.1 Å². The predicted molar refractivity (Wildman–Crippen MR) is 102 cm³/mol. The second-order valence-electron chi connectivity index (χ2n) is 9.72. The van der Waals surface area contributed by atoms with E-state index in [1.54, 1.807) is 0 Å². The maximum Gasteiger partial charge on any atom is 0.312 e. The first kappa shape index (κ1) is 19.6. The summed E-state index contributed by atoms with van der Waals surface area (Å²) >= 11 is 0. The molecule has 0 aromatic rings. The normalized spacial score (nSPS) is 37.3. The van der Waals surface area contributed by atoms with Crippen LogP contribution in [0.25, 0.3) is 0 Å². The molecule has 4 bridgehead atoms. The third-order valence-corrected chi connectivity index (χ3v) is 8.17. The molecule has 0 heterocycles. The summed E-state index contributed by atoms with van der Waals surface area (Å²) in [6.07, 6.45) is 11.3. The van der Waals surface area contributed by atoms with Crippen LogP contribution in [0.1, 0.15) is 70.6 Å². The Bertz CT molecular complexity index is 620. The highest BCUT2D eigenvalue weighted by atomic mass is 32.2. The second kappa shape index (κ2) is 7.64. The third kappa shape index (κ3) is 4.67. The van der Waals surface area contributed by atoms with Crippen LogP contribution in [0.5, 0.6) is 0 Å². The zero-order chi connectivity index (χ0) is 19.1. The molecule has 154 valence electrons. The molecule has 5 aliphatic rings. The lowest BCUT2D eigenvalue weighted by molar-refractivity contribution is -0.175. The molecule has 0 aromatic carbocycles. The molecular formula is C20H33NO5S. The van der Waals surface area contributed by atoms with Crippen LogP contribution in [0.2, 0.25) is 0 Å². The Morgan fingerprint density at radius 1 is 1.04 bits per heavy atom. The summed E-state index contributed by atoms with van der Waals surface area (Å²) in [4.78, 5) is 13.1. The Balaban J connectivity index is 1.40. The van der Waals surface area contributed by atoms with Crippen molar-refractivity contribution in [3.63, 3.8) is 0 Å². The topological polar surface area (TPSA) is 92.7 Å². The lowest BCUT2D eigenvalue weighted by atomic mass is 9.49. The smallest absolute Gasteiger partial charge is 0.312 e.